The van der Waals surface area contributed by atoms with E-state index in [0.717, 1.165) is 5.56 Å². The van der Waals surface area contributed by atoms with E-state index < -0.39 is 29.9 Å². The number of carbonyl (C=O) groups excluding carboxylic acids is 5. The van der Waals surface area contributed by atoms with Crippen molar-refractivity contribution in [1.82, 2.24) is 26.2 Å². The maximum absolute atomic E-state index is 13.2. The zero-order chi connectivity index (χ0) is 28.1. The molecule has 5 amide bonds. The number of hydrogen-bond acceptors (Lipinski definition) is 6. The van der Waals surface area contributed by atoms with Gasteiger partial charge in [0.15, 0.2) is 0 Å². The van der Waals surface area contributed by atoms with Gasteiger partial charge in [0.25, 0.3) is 0 Å². The molecule has 0 aromatic heterocycles. The van der Waals surface area contributed by atoms with Gasteiger partial charge in [0.1, 0.15) is 24.7 Å². The van der Waals surface area contributed by atoms with Crippen LogP contribution in [0.1, 0.15) is 45.6 Å². The Balaban J connectivity index is 2.25. The molecule has 0 aliphatic carbocycles. The van der Waals surface area contributed by atoms with E-state index in [9.17, 15) is 24.0 Å². The molecule has 4 N–H and O–H groups in total. The summed E-state index contributed by atoms with van der Waals surface area (Å²) in [5.74, 6) is -2.08. The van der Waals surface area contributed by atoms with Gasteiger partial charge in [-0.25, -0.2) is 0 Å². The zero-order valence-corrected chi connectivity index (χ0v) is 22.7. The summed E-state index contributed by atoms with van der Waals surface area (Å²) < 4.78 is 4.98. The highest BCUT2D eigenvalue weighted by molar-refractivity contribution is 5.94. The normalized spacial score (nSPS) is 23.0. The Morgan fingerprint density at radius 3 is 2.32 bits per heavy atom. The van der Waals surface area contributed by atoms with E-state index >= 15 is 0 Å². The number of carbonyl (C=O) groups is 5. The molecule has 3 atom stereocenters. The summed E-state index contributed by atoms with van der Waals surface area (Å²) in [5, 5.41) is 11.0. The van der Waals surface area contributed by atoms with E-state index in [1.165, 1.54) is 14.0 Å². The predicted octanol–water partition coefficient (Wildman–Crippen LogP) is 0.135. The van der Waals surface area contributed by atoms with Crippen molar-refractivity contribution in [1.29, 1.82) is 0 Å². The number of nitrogens with zero attached hydrogens (tertiary/aromatic N) is 1. The highest BCUT2D eigenvalue weighted by Crippen LogP contribution is 2.07. The van der Waals surface area contributed by atoms with Gasteiger partial charge in [-0.15, -0.1) is 0 Å². The molecule has 1 heterocycles. The number of rotatable bonds is 5. The summed E-state index contributed by atoms with van der Waals surface area (Å²) in [5.41, 5.74) is 0.847. The van der Waals surface area contributed by atoms with Gasteiger partial charge in [-0.3, -0.25) is 24.0 Å². The summed E-state index contributed by atoms with van der Waals surface area (Å²) in [4.78, 5) is 65.7. The number of ether oxygens (including phenoxy) is 1. The van der Waals surface area contributed by atoms with Crippen LogP contribution in [0.2, 0.25) is 0 Å². The Morgan fingerprint density at radius 1 is 0.974 bits per heavy atom. The fourth-order valence-corrected chi connectivity index (χ4v) is 4.12. The maximum Gasteiger partial charge on any atom is 0.248 e. The van der Waals surface area contributed by atoms with Crippen molar-refractivity contribution in [2.45, 2.75) is 64.6 Å². The number of methoxy groups -OCH3 is 1. The molecule has 1 fully saturated rings. The molecule has 1 aromatic rings. The van der Waals surface area contributed by atoms with Crippen molar-refractivity contribution >= 4 is 29.5 Å². The lowest BCUT2D eigenvalue weighted by molar-refractivity contribution is -0.136. The molecule has 0 saturated carbocycles. The van der Waals surface area contributed by atoms with Gasteiger partial charge < -0.3 is 30.9 Å². The third-order valence-corrected chi connectivity index (χ3v) is 6.29. The first-order valence-electron chi connectivity index (χ1n) is 13.1. The lowest BCUT2D eigenvalue weighted by Gasteiger charge is -2.26. The molecule has 1 aliphatic heterocycles. The van der Waals surface area contributed by atoms with Crippen LogP contribution in [0.15, 0.2) is 30.3 Å². The average molecular weight is 532 g/mol. The summed E-state index contributed by atoms with van der Waals surface area (Å²) in [7, 11) is 1.44. The predicted molar refractivity (Wildman–Crippen MR) is 142 cm³/mol. The Bertz CT molecular complexity index is 955. The van der Waals surface area contributed by atoms with Crippen LogP contribution in [0.25, 0.3) is 0 Å². The van der Waals surface area contributed by atoms with Crippen molar-refractivity contribution in [3.05, 3.63) is 35.9 Å². The number of hydrogen-bond donors (Lipinski definition) is 4. The second-order valence-corrected chi connectivity index (χ2v) is 9.83. The Labute approximate surface area is 224 Å². The number of nitrogens with one attached hydrogen (secondary N) is 4. The monoisotopic (exact) mass is 531 g/mol. The van der Waals surface area contributed by atoms with E-state index in [1.807, 2.05) is 44.2 Å². The molecule has 0 bridgehead atoms. The van der Waals surface area contributed by atoms with Crippen molar-refractivity contribution in [3.63, 3.8) is 0 Å². The molecule has 38 heavy (non-hydrogen) atoms. The molecule has 1 aliphatic rings. The third-order valence-electron chi connectivity index (χ3n) is 6.29. The molecule has 11 heteroatoms. The van der Waals surface area contributed by atoms with E-state index in [1.54, 1.807) is 4.90 Å². The minimum Gasteiger partial charge on any atom is -0.375 e. The number of benzene rings is 1. The van der Waals surface area contributed by atoms with Gasteiger partial charge in [0.2, 0.25) is 29.5 Å². The van der Waals surface area contributed by atoms with E-state index in [-0.39, 0.29) is 43.1 Å². The molecule has 210 valence electrons. The van der Waals surface area contributed by atoms with Gasteiger partial charge in [0.05, 0.1) is 0 Å². The van der Waals surface area contributed by atoms with E-state index in [4.69, 9.17) is 4.74 Å². The molecule has 2 rings (SSSR count). The van der Waals surface area contributed by atoms with Crippen molar-refractivity contribution in [2.24, 2.45) is 5.92 Å². The first-order valence-corrected chi connectivity index (χ1v) is 13.1. The van der Waals surface area contributed by atoms with Gasteiger partial charge >= 0.3 is 0 Å². The smallest absolute Gasteiger partial charge is 0.248 e. The topological polar surface area (TPSA) is 146 Å². The first-order chi connectivity index (χ1) is 18.1. The van der Waals surface area contributed by atoms with Crippen molar-refractivity contribution in [3.8, 4) is 0 Å². The average Bonchev–Trinajstić information content (AvgIpc) is 2.87. The quantitative estimate of drug-likeness (QED) is 0.425. The summed E-state index contributed by atoms with van der Waals surface area (Å²) in [6, 6.07) is 6.62. The van der Waals surface area contributed by atoms with Gasteiger partial charge in [-0.1, -0.05) is 44.2 Å². The van der Waals surface area contributed by atoms with Crippen LogP contribution in [-0.2, 0) is 35.1 Å². The van der Waals surface area contributed by atoms with Gasteiger partial charge in [0, 0.05) is 39.6 Å². The molecule has 0 radical (unpaired) electrons. The largest absolute Gasteiger partial charge is 0.375 e. The molecular weight excluding hydrogens is 490 g/mol. The molecule has 1 aromatic carbocycles. The lowest BCUT2D eigenvalue weighted by atomic mass is 10.0. The Kier molecular flexibility index (Phi) is 12.7. The molecular formula is C27H41N5O6. The fraction of sp³-hybridized carbons (Fsp3) is 0.593. The van der Waals surface area contributed by atoms with Crippen LogP contribution in [0, 0.1) is 5.92 Å². The second-order valence-electron chi connectivity index (χ2n) is 9.83. The Hall–Kier alpha value is -3.47. The van der Waals surface area contributed by atoms with Crippen molar-refractivity contribution < 1.29 is 28.7 Å². The number of amides is 5. The van der Waals surface area contributed by atoms with E-state index in [0.29, 0.717) is 32.5 Å². The van der Waals surface area contributed by atoms with Crippen LogP contribution in [0.4, 0.5) is 0 Å². The Morgan fingerprint density at radius 2 is 1.66 bits per heavy atom. The standard InChI is InChI=1S/C27H41N5O6/c1-18(2)24-27(37)28-13-9-15-32(23(34)17-38-4)14-8-12-22(33)30-21(16-20-10-6-5-7-11-20)26(36)29-19(3)25(35)31-24/h5-7,10-11,18-19,21,24H,8-9,12-17H2,1-4H3,(H,28,37)(H,29,36)(H,30,33)(H,31,35)/t19-,21+,24-/m1/s1. The third kappa shape index (κ3) is 10.1. The molecule has 11 nitrogen and oxygen atoms in total. The maximum atomic E-state index is 13.2. The summed E-state index contributed by atoms with van der Waals surface area (Å²) >= 11 is 0. The van der Waals surface area contributed by atoms with Gasteiger partial charge in [-0.05, 0) is 31.2 Å². The molecule has 0 unspecified atom stereocenters. The summed E-state index contributed by atoms with van der Waals surface area (Å²) in [6.45, 7) is 6.10. The summed E-state index contributed by atoms with van der Waals surface area (Å²) in [6.07, 6.45) is 1.24. The molecule has 0 spiro atoms. The SMILES string of the molecule is COCC(=O)N1CCCNC(=O)[C@@H](C(C)C)NC(=O)[C@@H](C)NC(=O)[C@H](Cc2ccccc2)NC(=O)CCC1. The lowest BCUT2D eigenvalue weighted by Crippen LogP contribution is -2.57. The zero-order valence-electron chi connectivity index (χ0n) is 22.7. The van der Waals surface area contributed by atoms with Crippen LogP contribution >= 0.6 is 0 Å². The second kappa shape index (κ2) is 15.7. The van der Waals surface area contributed by atoms with Crippen LogP contribution in [0.3, 0.4) is 0 Å². The van der Waals surface area contributed by atoms with Crippen LogP contribution in [-0.4, -0.2) is 85.9 Å². The fourth-order valence-electron chi connectivity index (χ4n) is 4.12. The minimum atomic E-state index is -0.925. The van der Waals surface area contributed by atoms with Crippen LogP contribution in [0.5, 0.6) is 0 Å². The van der Waals surface area contributed by atoms with Crippen molar-refractivity contribution in [2.75, 3.05) is 33.4 Å². The minimum absolute atomic E-state index is 0.0858. The van der Waals surface area contributed by atoms with E-state index in [2.05, 4.69) is 21.3 Å². The highest BCUT2D eigenvalue weighted by Gasteiger charge is 2.29. The highest BCUT2D eigenvalue weighted by atomic mass is 16.5. The van der Waals surface area contributed by atoms with Gasteiger partial charge in [-0.2, -0.15) is 0 Å². The molecule has 1 saturated heterocycles. The van der Waals surface area contributed by atoms with Crippen LogP contribution < -0.4 is 21.3 Å². The first kappa shape index (κ1) is 30.8.